The monoisotopic (exact) mass is 343 g/mol. The molecule has 0 aliphatic heterocycles. The van der Waals surface area contributed by atoms with Crippen molar-refractivity contribution < 1.29 is 4.79 Å². The van der Waals surface area contributed by atoms with Gasteiger partial charge in [0.25, 0.3) is 5.91 Å². The van der Waals surface area contributed by atoms with Crippen LogP contribution >= 0.6 is 22.7 Å². The SMILES string of the molecule is Cc1nc(NC(=O)c2sc(Cc3ccccc3)nc2C)sc1C. The number of nitrogens with zero attached hydrogens (tertiary/aromatic N) is 2. The number of aromatic nitrogens is 2. The quantitative estimate of drug-likeness (QED) is 0.765. The van der Waals surface area contributed by atoms with Crippen molar-refractivity contribution in [1.29, 1.82) is 0 Å². The normalized spacial score (nSPS) is 10.7. The zero-order valence-corrected chi connectivity index (χ0v) is 14.8. The van der Waals surface area contributed by atoms with Gasteiger partial charge >= 0.3 is 0 Å². The van der Waals surface area contributed by atoms with E-state index in [-0.39, 0.29) is 5.91 Å². The second-order valence-electron chi connectivity index (χ2n) is 5.30. The number of rotatable bonds is 4. The predicted molar refractivity (Wildman–Crippen MR) is 95.6 cm³/mol. The lowest BCUT2D eigenvalue weighted by molar-refractivity contribution is 0.103. The van der Waals surface area contributed by atoms with Crippen LogP contribution in [-0.4, -0.2) is 15.9 Å². The van der Waals surface area contributed by atoms with Crippen LogP contribution in [0.1, 0.15) is 36.5 Å². The molecule has 3 aromatic rings. The van der Waals surface area contributed by atoms with Crippen LogP contribution in [0, 0.1) is 20.8 Å². The van der Waals surface area contributed by atoms with Crippen molar-refractivity contribution in [2.45, 2.75) is 27.2 Å². The maximum absolute atomic E-state index is 12.4. The number of benzene rings is 1. The minimum atomic E-state index is -0.131. The van der Waals surface area contributed by atoms with Crippen LogP contribution in [0.25, 0.3) is 0 Å². The van der Waals surface area contributed by atoms with E-state index in [1.165, 1.54) is 28.2 Å². The van der Waals surface area contributed by atoms with Crippen molar-refractivity contribution in [3.8, 4) is 0 Å². The Morgan fingerprint density at radius 3 is 2.43 bits per heavy atom. The van der Waals surface area contributed by atoms with Gasteiger partial charge in [0.15, 0.2) is 5.13 Å². The Labute approximate surface area is 143 Å². The highest BCUT2D eigenvalue weighted by Crippen LogP contribution is 2.25. The minimum absolute atomic E-state index is 0.131. The van der Waals surface area contributed by atoms with E-state index in [1.807, 2.05) is 39.0 Å². The Morgan fingerprint density at radius 1 is 1.04 bits per heavy atom. The number of aryl methyl sites for hydroxylation is 3. The number of amides is 1. The molecule has 1 amide bonds. The van der Waals surface area contributed by atoms with Crippen molar-refractivity contribution in [2.24, 2.45) is 0 Å². The Balaban J connectivity index is 1.76. The molecule has 0 radical (unpaired) electrons. The highest BCUT2D eigenvalue weighted by molar-refractivity contribution is 7.16. The summed E-state index contributed by atoms with van der Waals surface area (Å²) in [5, 5.41) is 4.47. The molecule has 2 heterocycles. The summed E-state index contributed by atoms with van der Waals surface area (Å²) in [5.41, 5.74) is 2.92. The number of carbonyl (C=O) groups excluding carboxylic acids is 1. The first-order valence-electron chi connectivity index (χ1n) is 7.28. The van der Waals surface area contributed by atoms with Crippen molar-refractivity contribution in [3.05, 3.63) is 62.0 Å². The molecule has 2 aromatic heterocycles. The molecule has 118 valence electrons. The van der Waals surface area contributed by atoms with Gasteiger partial charge in [-0.25, -0.2) is 9.97 Å². The third kappa shape index (κ3) is 3.65. The molecule has 0 spiro atoms. The summed E-state index contributed by atoms with van der Waals surface area (Å²) in [6.45, 7) is 5.81. The van der Waals surface area contributed by atoms with Crippen LogP contribution in [0.2, 0.25) is 0 Å². The van der Waals surface area contributed by atoms with Gasteiger partial charge in [-0.15, -0.1) is 22.7 Å². The van der Waals surface area contributed by atoms with Crippen LogP contribution in [0.15, 0.2) is 30.3 Å². The molecule has 0 fully saturated rings. The lowest BCUT2D eigenvalue weighted by Crippen LogP contribution is -2.11. The zero-order chi connectivity index (χ0) is 16.4. The molecule has 23 heavy (non-hydrogen) atoms. The van der Waals surface area contributed by atoms with E-state index in [4.69, 9.17) is 0 Å². The number of carbonyl (C=O) groups is 1. The van der Waals surface area contributed by atoms with E-state index in [1.54, 1.807) is 0 Å². The molecule has 0 saturated carbocycles. The number of thiazole rings is 2. The molecule has 3 rings (SSSR count). The number of hydrogen-bond donors (Lipinski definition) is 1. The van der Waals surface area contributed by atoms with Gasteiger partial charge in [0.05, 0.1) is 16.4 Å². The van der Waals surface area contributed by atoms with Gasteiger partial charge < -0.3 is 0 Å². The minimum Gasteiger partial charge on any atom is -0.297 e. The predicted octanol–water partition coefficient (Wildman–Crippen LogP) is 4.37. The zero-order valence-electron chi connectivity index (χ0n) is 13.2. The van der Waals surface area contributed by atoms with Gasteiger partial charge in [0.2, 0.25) is 0 Å². The van der Waals surface area contributed by atoms with Crippen molar-refractivity contribution in [1.82, 2.24) is 9.97 Å². The van der Waals surface area contributed by atoms with Gasteiger partial charge in [-0.3, -0.25) is 10.1 Å². The fourth-order valence-electron chi connectivity index (χ4n) is 2.19. The Morgan fingerprint density at radius 2 is 1.78 bits per heavy atom. The fourth-order valence-corrected chi connectivity index (χ4v) is 3.99. The molecule has 0 unspecified atom stereocenters. The van der Waals surface area contributed by atoms with E-state index < -0.39 is 0 Å². The molecule has 0 aliphatic carbocycles. The standard InChI is InChI=1S/C17H17N3OS2/c1-10-12(3)22-17(19-10)20-16(21)15-11(2)18-14(23-15)9-13-7-5-4-6-8-13/h4-8H,9H2,1-3H3,(H,19,20,21). The van der Waals surface area contributed by atoms with Gasteiger partial charge in [-0.05, 0) is 26.3 Å². The van der Waals surface area contributed by atoms with Crippen molar-refractivity contribution in [2.75, 3.05) is 5.32 Å². The molecule has 4 nitrogen and oxygen atoms in total. The van der Waals surface area contributed by atoms with Crippen molar-refractivity contribution >= 4 is 33.7 Å². The Kier molecular flexibility index (Phi) is 4.54. The second kappa shape index (κ2) is 6.60. The molecule has 0 bridgehead atoms. The molecular formula is C17H17N3OS2. The fraction of sp³-hybridized carbons (Fsp3) is 0.235. The first-order chi connectivity index (χ1) is 11.0. The van der Waals surface area contributed by atoms with E-state index in [9.17, 15) is 4.79 Å². The van der Waals surface area contributed by atoms with Gasteiger partial charge in [0.1, 0.15) is 4.88 Å². The maximum atomic E-state index is 12.4. The largest absolute Gasteiger partial charge is 0.297 e. The average molecular weight is 343 g/mol. The average Bonchev–Trinajstić information content (AvgIpc) is 3.03. The summed E-state index contributed by atoms with van der Waals surface area (Å²) in [7, 11) is 0. The van der Waals surface area contributed by atoms with E-state index in [2.05, 4.69) is 27.4 Å². The van der Waals surface area contributed by atoms with Gasteiger partial charge in [-0.1, -0.05) is 30.3 Å². The van der Waals surface area contributed by atoms with Crippen molar-refractivity contribution in [3.63, 3.8) is 0 Å². The summed E-state index contributed by atoms with van der Waals surface area (Å²) >= 11 is 2.94. The summed E-state index contributed by atoms with van der Waals surface area (Å²) < 4.78 is 0. The first-order valence-corrected chi connectivity index (χ1v) is 8.92. The number of anilines is 1. The lowest BCUT2D eigenvalue weighted by Gasteiger charge is -1.98. The van der Waals surface area contributed by atoms with E-state index in [0.29, 0.717) is 10.0 Å². The van der Waals surface area contributed by atoms with Crippen LogP contribution in [0.5, 0.6) is 0 Å². The molecular weight excluding hydrogens is 326 g/mol. The number of nitrogens with one attached hydrogen (secondary N) is 1. The first kappa shape index (κ1) is 15.8. The summed E-state index contributed by atoms with van der Waals surface area (Å²) in [5.74, 6) is -0.131. The Hall–Kier alpha value is -2.05. The topological polar surface area (TPSA) is 54.9 Å². The molecule has 0 saturated heterocycles. The molecule has 1 aromatic carbocycles. The lowest BCUT2D eigenvalue weighted by atomic mass is 10.2. The van der Waals surface area contributed by atoms with Crippen LogP contribution in [-0.2, 0) is 6.42 Å². The second-order valence-corrected chi connectivity index (χ2v) is 7.59. The molecule has 6 heteroatoms. The summed E-state index contributed by atoms with van der Waals surface area (Å²) in [4.78, 5) is 23.1. The third-order valence-corrected chi connectivity index (χ3v) is 5.64. The molecule has 1 N–H and O–H groups in total. The summed E-state index contributed by atoms with van der Waals surface area (Å²) in [6, 6.07) is 10.1. The van der Waals surface area contributed by atoms with E-state index >= 15 is 0 Å². The maximum Gasteiger partial charge on any atom is 0.269 e. The van der Waals surface area contributed by atoms with Crippen LogP contribution < -0.4 is 5.32 Å². The molecule has 0 atom stereocenters. The number of hydrogen-bond acceptors (Lipinski definition) is 5. The molecule has 0 aliphatic rings. The van der Waals surface area contributed by atoms with Crippen LogP contribution in [0.3, 0.4) is 0 Å². The Bertz CT molecular complexity index is 817. The van der Waals surface area contributed by atoms with Gasteiger partial charge in [0, 0.05) is 11.3 Å². The smallest absolute Gasteiger partial charge is 0.269 e. The summed E-state index contributed by atoms with van der Waals surface area (Å²) in [6.07, 6.45) is 0.745. The van der Waals surface area contributed by atoms with Gasteiger partial charge in [-0.2, -0.15) is 0 Å². The van der Waals surface area contributed by atoms with E-state index in [0.717, 1.165) is 27.7 Å². The highest BCUT2D eigenvalue weighted by atomic mass is 32.1. The van der Waals surface area contributed by atoms with Crippen LogP contribution in [0.4, 0.5) is 5.13 Å². The third-order valence-electron chi connectivity index (χ3n) is 3.49. The highest BCUT2D eigenvalue weighted by Gasteiger charge is 2.17.